The number of nitrogens with zero attached hydrogens (tertiary/aromatic N) is 1. The number of aromatic nitrogens is 1. The summed E-state index contributed by atoms with van der Waals surface area (Å²) in [6.07, 6.45) is 1.86. The molecule has 0 saturated carbocycles. The van der Waals surface area contributed by atoms with E-state index in [2.05, 4.69) is 11.1 Å². The molecule has 2 aromatic rings. The highest BCUT2D eigenvalue weighted by molar-refractivity contribution is 7.21. The summed E-state index contributed by atoms with van der Waals surface area (Å²) in [7, 11) is 0. The normalized spacial score (nSPS) is 13.0. The fraction of sp³-hybridized carbons (Fsp3) is 0.300. The Morgan fingerprint density at radius 3 is 3.07 bits per heavy atom. The molecule has 0 aliphatic rings. The van der Waals surface area contributed by atoms with Crippen molar-refractivity contribution in [3.05, 3.63) is 28.6 Å². The smallest absolute Gasteiger partial charge is 0.133 e. The first kappa shape index (κ1) is 9.83. The molecule has 2 heterocycles. The number of aliphatic hydroxyl groups excluding tert-OH is 1. The lowest BCUT2D eigenvalue weighted by molar-refractivity contribution is 0.274. The van der Waals surface area contributed by atoms with Gasteiger partial charge in [0, 0.05) is 17.0 Å². The molecule has 2 aromatic heterocycles. The zero-order valence-corrected chi connectivity index (χ0v) is 9.44. The van der Waals surface area contributed by atoms with E-state index in [0.29, 0.717) is 0 Å². The van der Waals surface area contributed by atoms with Crippen LogP contribution in [0.25, 0.3) is 9.88 Å². The minimum atomic E-state index is 0.187. The SMILES string of the molecule is CC(CO)c1cnc(-c2cccs2)s1. The maximum absolute atomic E-state index is 9.01. The summed E-state index contributed by atoms with van der Waals surface area (Å²) < 4.78 is 0. The Bertz CT molecular complexity index is 394. The van der Waals surface area contributed by atoms with Gasteiger partial charge in [-0.3, -0.25) is 0 Å². The fourth-order valence-corrected chi connectivity index (χ4v) is 2.88. The standard InChI is InChI=1S/C10H11NOS2/c1-7(6-12)9-5-11-10(14-9)8-3-2-4-13-8/h2-5,7,12H,6H2,1H3. The molecule has 0 amide bonds. The lowest BCUT2D eigenvalue weighted by Crippen LogP contribution is -1.94. The molecule has 0 spiro atoms. The molecule has 2 rings (SSSR count). The number of hydrogen-bond acceptors (Lipinski definition) is 4. The molecule has 0 bridgehead atoms. The van der Waals surface area contributed by atoms with Crippen LogP contribution in [0.15, 0.2) is 23.7 Å². The molecule has 2 nitrogen and oxygen atoms in total. The molecule has 0 radical (unpaired) electrons. The lowest BCUT2D eigenvalue weighted by atomic mass is 10.2. The summed E-state index contributed by atoms with van der Waals surface area (Å²) >= 11 is 3.36. The zero-order valence-electron chi connectivity index (χ0n) is 7.80. The molecular weight excluding hydrogens is 214 g/mol. The van der Waals surface area contributed by atoms with Gasteiger partial charge in [0.2, 0.25) is 0 Å². The van der Waals surface area contributed by atoms with E-state index in [9.17, 15) is 0 Å². The quantitative estimate of drug-likeness (QED) is 0.871. The number of aliphatic hydroxyl groups is 1. The fourth-order valence-electron chi connectivity index (χ4n) is 1.12. The van der Waals surface area contributed by atoms with Crippen LogP contribution in [-0.2, 0) is 0 Å². The van der Waals surface area contributed by atoms with Gasteiger partial charge in [0.05, 0.1) is 11.5 Å². The second kappa shape index (κ2) is 4.21. The Hall–Kier alpha value is -0.710. The minimum Gasteiger partial charge on any atom is -0.396 e. The van der Waals surface area contributed by atoms with Gasteiger partial charge in [0.1, 0.15) is 5.01 Å². The predicted octanol–water partition coefficient (Wildman–Crippen LogP) is 2.97. The maximum atomic E-state index is 9.01. The Labute approximate surface area is 90.9 Å². The molecule has 1 atom stereocenters. The Morgan fingerprint density at radius 1 is 1.57 bits per heavy atom. The molecular formula is C10H11NOS2. The van der Waals surface area contributed by atoms with Gasteiger partial charge in [-0.2, -0.15) is 0 Å². The Kier molecular flexibility index (Phi) is 2.96. The largest absolute Gasteiger partial charge is 0.396 e. The van der Waals surface area contributed by atoms with Gasteiger partial charge < -0.3 is 5.11 Å². The average Bonchev–Trinajstić information content (AvgIpc) is 2.86. The Morgan fingerprint density at radius 2 is 2.43 bits per heavy atom. The number of thiazole rings is 1. The molecule has 0 fully saturated rings. The zero-order chi connectivity index (χ0) is 9.97. The number of hydrogen-bond donors (Lipinski definition) is 1. The van der Waals surface area contributed by atoms with Gasteiger partial charge in [-0.05, 0) is 11.4 Å². The van der Waals surface area contributed by atoms with E-state index >= 15 is 0 Å². The summed E-state index contributed by atoms with van der Waals surface area (Å²) in [5.41, 5.74) is 0. The number of thiophene rings is 1. The highest BCUT2D eigenvalue weighted by atomic mass is 32.1. The predicted molar refractivity (Wildman–Crippen MR) is 60.9 cm³/mol. The van der Waals surface area contributed by atoms with Gasteiger partial charge in [-0.1, -0.05) is 13.0 Å². The Balaban J connectivity index is 2.26. The van der Waals surface area contributed by atoms with Crippen LogP contribution in [0.4, 0.5) is 0 Å². The third-order valence-electron chi connectivity index (χ3n) is 2.02. The van der Waals surface area contributed by atoms with Crippen molar-refractivity contribution in [3.63, 3.8) is 0 Å². The topological polar surface area (TPSA) is 33.1 Å². The summed E-state index contributed by atoms with van der Waals surface area (Å²) in [6.45, 7) is 2.19. The van der Waals surface area contributed by atoms with Crippen LogP contribution in [0.3, 0.4) is 0 Å². The number of rotatable bonds is 3. The van der Waals surface area contributed by atoms with Crippen LogP contribution < -0.4 is 0 Å². The van der Waals surface area contributed by atoms with Crippen molar-refractivity contribution in [2.45, 2.75) is 12.8 Å². The third kappa shape index (κ3) is 1.87. The van der Waals surface area contributed by atoms with Crippen LogP contribution >= 0.6 is 22.7 Å². The van der Waals surface area contributed by atoms with Gasteiger partial charge in [0.25, 0.3) is 0 Å². The first-order valence-corrected chi connectivity index (χ1v) is 6.11. The monoisotopic (exact) mass is 225 g/mol. The van der Waals surface area contributed by atoms with Crippen LogP contribution in [0, 0.1) is 0 Å². The van der Waals surface area contributed by atoms with Crippen molar-refractivity contribution < 1.29 is 5.11 Å². The molecule has 4 heteroatoms. The summed E-state index contributed by atoms with van der Waals surface area (Å²) in [4.78, 5) is 6.69. The summed E-state index contributed by atoms with van der Waals surface area (Å²) in [6, 6.07) is 4.09. The maximum Gasteiger partial charge on any atom is 0.133 e. The van der Waals surface area contributed by atoms with Crippen molar-refractivity contribution >= 4 is 22.7 Å². The van der Waals surface area contributed by atoms with Crippen LogP contribution in [0.2, 0.25) is 0 Å². The van der Waals surface area contributed by atoms with Crippen LogP contribution in [-0.4, -0.2) is 16.7 Å². The highest BCUT2D eigenvalue weighted by Gasteiger charge is 2.10. The van der Waals surface area contributed by atoms with Gasteiger partial charge >= 0.3 is 0 Å². The van der Waals surface area contributed by atoms with Crippen molar-refractivity contribution in [1.82, 2.24) is 4.98 Å². The van der Waals surface area contributed by atoms with Gasteiger partial charge in [-0.25, -0.2) is 4.98 Å². The van der Waals surface area contributed by atoms with Crippen molar-refractivity contribution in [1.29, 1.82) is 0 Å². The van der Waals surface area contributed by atoms with E-state index in [1.807, 2.05) is 24.6 Å². The van der Waals surface area contributed by atoms with E-state index in [1.165, 1.54) is 4.88 Å². The van der Waals surface area contributed by atoms with Crippen LogP contribution in [0.1, 0.15) is 17.7 Å². The van der Waals surface area contributed by atoms with Crippen LogP contribution in [0.5, 0.6) is 0 Å². The van der Waals surface area contributed by atoms with Gasteiger partial charge in [0.15, 0.2) is 0 Å². The lowest BCUT2D eigenvalue weighted by Gasteiger charge is -2.00. The molecule has 0 aliphatic carbocycles. The second-order valence-corrected chi connectivity index (χ2v) is 5.14. The first-order valence-electron chi connectivity index (χ1n) is 4.41. The van der Waals surface area contributed by atoms with E-state index in [-0.39, 0.29) is 12.5 Å². The molecule has 0 aliphatic heterocycles. The third-order valence-corrected chi connectivity index (χ3v) is 4.28. The molecule has 14 heavy (non-hydrogen) atoms. The summed E-state index contributed by atoms with van der Waals surface area (Å²) in [5, 5.41) is 12.1. The molecule has 0 aromatic carbocycles. The average molecular weight is 225 g/mol. The highest BCUT2D eigenvalue weighted by Crippen LogP contribution is 2.31. The van der Waals surface area contributed by atoms with Gasteiger partial charge in [-0.15, -0.1) is 22.7 Å². The van der Waals surface area contributed by atoms with E-state index in [4.69, 9.17) is 5.11 Å². The molecule has 1 N–H and O–H groups in total. The first-order chi connectivity index (χ1) is 6.81. The van der Waals surface area contributed by atoms with E-state index < -0.39 is 0 Å². The molecule has 74 valence electrons. The minimum absolute atomic E-state index is 0.187. The van der Waals surface area contributed by atoms with Crippen molar-refractivity contribution in [2.75, 3.05) is 6.61 Å². The molecule has 1 unspecified atom stereocenters. The second-order valence-electron chi connectivity index (χ2n) is 3.13. The van der Waals surface area contributed by atoms with E-state index in [1.54, 1.807) is 22.7 Å². The molecule has 0 saturated heterocycles. The summed E-state index contributed by atoms with van der Waals surface area (Å²) in [5.74, 6) is 0.196. The van der Waals surface area contributed by atoms with Crippen molar-refractivity contribution in [2.24, 2.45) is 0 Å². The van der Waals surface area contributed by atoms with E-state index in [0.717, 1.165) is 9.88 Å². The van der Waals surface area contributed by atoms with Crippen molar-refractivity contribution in [3.8, 4) is 9.88 Å².